The number of nitrogens with zero attached hydrogens (tertiary/aromatic N) is 2. The highest BCUT2D eigenvalue weighted by Gasteiger charge is 2.57. The predicted molar refractivity (Wildman–Crippen MR) is 170 cm³/mol. The molecule has 0 saturated carbocycles. The number of ether oxygens (including phenoxy) is 1. The molecule has 0 fully saturated rings. The van der Waals surface area contributed by atoms with Crippen molar-refractivity contribution in [3.05, 3.63) is 137 Å². The summed E-state index contributed by atoms with van der Waals surface area (Å²) in [6.45, 7) is 3.56. The van der Waals surface area contributed by atoms with E-state index in [-0.39, 0.29) is 13.1 Å². The fraction of sp³-hybridized carbons (Fsp3) is 0.375. The number of nitrogens with one attached hydrogen (secondary N) is 2. The summed E-state index contributed by atoms with van der Waals surface area (Å²) < 4.78 is 90.8. The van der Waals surface area contributed by atoms with E-state index < -0.39 is 89.2 Å². The first kappa shape index (κ1) is 37.7. The molecule has 2 aliphatic carbocycles. The van der Waals surface area contributed by atoms with Crippen LogP contribution in [0.5, 0.6) is 0 Å². The van der Waals surface area contributed by atoms with Crippen LogP contribution in [0.25, 0.3) is 0 Å². The molecular weight excluding hydrogens is 705 g/mol. The zero-order valence-corrected chi connectivity index (χ0v) is 27.4. The summed E-state index contributed by atoms with van der Waals surface area (Å²) in [6, 6.07) is 7.99. The second-order valence-corrected chi connectivity index (χ2v) is 11.9. The number of nitro groups is 2. The molecule has 17 heteroatoms. The fourth-order valence-electron chi connectivity index (χ4n) is 5.82. The van der Waals surface area contributed by atoms with Gasteiger partial charge in [-0.05, 0) is 37.1 Å². The third kappa shape index (κ3) is 6.88. The number of halogens is 8. The molecular formula is C32H30Cl2F6N4O5. The first-order valence-electron chi connectivity index (χ1n) is 14.9. The lowest BCUT2D eigenvalue weighted by Gasteiger charge is -2.36. The maximum atomic E-state index is 14.1. The Morgan fingerprint density at radius 2 is 1.06 bits per heavy atom. The molecule has 49 heavy (non-hydrogen) atoms. The van der Waals surface area contributed by atoms with Crippen molar-refractivity contribution in [1.82, 2.24) is 10.6 Å². The highest BCUT2D eigenvalue weighted by atomic mass is 35.5. The van der Waals surface area contributed by atoms with Crippen molar-refractivity contribution < 1.29 is 40.9 Å². The Morgan fingerprint density at radius 3 is 1.37 bits per heavy atom. The standard InChI is InChI=1S/C32H30Cl2F6N4O5/c1-3-17-41-27-25(33)23(13-15-29(27,43(45)46)19-9-5-7-11-21(19)31(35,36)37)49-24-14-16-30(44(47)48,28(26(24)34)42-18-4-2)20-10-6-8-12-22(20)32(38,39)40/h5-16,23-24,41-42H,3-4,17-18H2,1-2H3. The molecule has 0 radical (unpaired) electrons. The van der Waals surface area contributed by atoms with Crippen molar-refractivity contribution in [3.8, 4) is 0 Å². The first-order chi connectivity index (χ1) is 23.0. The van der Waals surface area contributed by atoms with Crippen molar-refractivity contribution in [2.75, 3.05) is 13.1 Å². The Labute approximate surface area is 286 Å². The van der Waals surface area contributed by atoms with Crippen LogP contribution in [0.4, 0.5) is 26.3 Å². The largest absolute Gasteiger partial charge is 0.416 e. The summed E-state index contributed by atoms with van der Waals surface area (Å²) in [5.74, 6) is 0. The number of alkyl halides is 6. The van der Waals surface area contributed by atoms with Crippen LogP contribution in [0, 0.1) is 20.2 Å². The Bertz CT molecular complexity index is 1600. The van der Waals surface area contributed by atoms with Crippen LogP contribution >= 0.6 is 23.2 Å². The topological polar surface area (TPSA) is 120 Å². The maximum Gasteiger partial charge on any atom is 0.416 e. The van der Waals surface area contributed by atoms with E-state index in [1.54, 1.807) is 13.8 Å². The summed E-state index contributed by atoms with van der Waals surface area (Å²) >= 11 is 13.4. The Hall–Kier alpha value is -4.08. The van der Waals surface area contributed by atoms with Gasteiger partial charge in [0.25, 0.3) is 0 Å². The summed E-state index contributed by atoms with van der Waals surface area (Å²) in [7, 11) is 0. The monoisotopic (exact) mass is 734 g/mol. The van der Waals surface area contributed by atoms with Gasteiger partial charge in [0.2, 0.25) is 0 Å². The maximum absolute atomic E-state index is 14.1. The van der Waals surface area contributed by atoms with Crippen LogP contribution < -0.4 is 10.6 Å². The Morgan fingerprint density at radius 1 is 0.714 bits per heavy atom. The number of benzene rings is 2. The van der Waals surface area contributed by atoms with Gasteiger partial charge in [-0.2, -0.15) is 26.3 Å². The van der Waals surface area contributed by atoms with E-state index in [9.17, 15) is 46.6 Å². The molecule has 0 amide bonds. The van der Waals surface area contributed by atoms with E-state index in [2.05, 4.69) is 10.6 Å². The molecule has 0 aliphatic heterocycles. The van der Waals surface area contributed by atoms with Gasteiger partial charge < -0.3 is 15.4 Å². The van der Waals surface area contributed by atoms with Gasteiger partial charge >= 0.3 is 23.4 Å². The van der Waals surface area contributed by atoms with Gasteiger partial charge in [0.1, 0.15) is 23.6 Å². The van der Waals surface area contributed by atoms with E-state index >= 15 is 0 Å². The predicted octanol–water partition coefficient (Wildman–Crippen LogP) is 8.16. The van der Waals surface area contributed by atoms with Gasteiger partial charge in [0.05, 0.1) is 32.3 Å². The molecule has 4 rings (SSSR count). The molecule has 2 aliphatic rings. The van der Waals surface area contributed by atoms with Crippen LogP contribution in [-0.4, -0.2) is 35.1 Å². The first-order valence-corrected chi connectivity index (χ1v) is 15.7. The van der Waals surface area contributed by atoms with Crippen LogP contribution in [0.3, 0.4) is 0 Å². The molecule has 0 heterocycles. The fourth-order valence-corrected chi connectivity index (χ4v) is 6.49. The smallest absolute Gasteiger partial charge is 0.381 e. The van der Waals surface area contributed by atoms with Crippen molar-refractivity contribution >= 4 is 23.2 Å². The lowest BCUT2D eigenvalue weighted by molar-refractivity contribution is -0.553. The van der Waals surface area contributed by atoms with Gasteiger partial charge in [0.15, 0.2) is 0 Å². The zero-order chi connectivity index (χ0) is 36.4. The second kappa shape index (κ2) is 14.4. The second-order valence-electron chi connectivity index (χ2n) is 11.1. The number of rotatable bonds is 12. The van der Waals surface area contributed by atoms with E-state index in [1.165, 1.54) is 12.1 Å². The van der Waals surface area contributed by atoms with Gasteiger partial charge in [-0.25, -0.2) is 0 Å². The summed E-state index contributed by atoms with van der Waals surface area (Å²) in [5, 5.41) is 30.3. The molecule has 0 spiro atoms. The molecule has 4 unspecified atom stereocenters. The molecule has 9 nitrogen and oxygen atoms in total. The summed E-state index contributed by atoms with van der Waals surface area (Å²) in [5.41, 5.74) is -10.0. The molecule has 0 aromatic heterocycles. The zero-order valence-electron chi connectivity index (χ0n) is 25.9. The Balaban J connectivity index is 1.87. The van der Waals surface area contributed by atoms with Crippen LogP contribution in [0.2, 0.25) is 0 Å². The minimum absolute atomic E-state index is 0.0644. The van der Waals surface area contributed by atoms with Crippen molar-refractivity contribution in [1.29, 1.82) is 0 Å². The van der Waals surface area contributed by atoms with Crippen LogP contribution in [-0.2, 0) is 28.2 Å². The number of hydrogen-bond acceptors (Lipinski definition) is 7. The van der Waals surface area contributed by atoms with Gasteiger partial charge in [-0.15, -0.1) is 0 Å². The minimum atomic E-state index is -4.97. The highest BCUT2D eigenvalue weighted by molar-refractivity contribution is 6.31. The van der Waals surface area contributed by atoms with E-state index in [0.29, 0.717) is 25.0 Å². The average Bonchev–Trinajstić information content (AvgIpc) is 3.04. The van der Waals surface area contributed by atoms with Gasteiger partial charge in [-0.1, -0.05) is 73.4 Å². The lowest BCUT2D eigenvalue weighted by atomic mass is 9.79. The van der Waals surface area contributed by atoms with Crippen molar-refractivity contribution in [2.24, 2.45) is 0 Å². The minimum Gasteiger partial charge on any atom is -0.381 e. The quantitative estimate of drug-likeness (QED) is 0.0978. The molecule has 4 atom stereocenters. The molecule has 0 bridgehead atoms. The molecule has 0 saturated heterocycles. The third-order valence-electron chi connectivity index (χ3n) is 8.02. The SMILES string of the molecule is CCCNC1=C(Cl)C(OC2C=CC(c3ccccc3C(F)(F)F)([N+](=O)[O-])C(NCCC)=C2Cl)C=CC1(c1ccccc1C(F)(F)F)[N+](=O)[O-]. The number of hydrogen-bond donors (Lipinski definition) is 2. The molecule has 264 valence electrons. The summed E-state index contributed by atoms with van der Waals surface area (Å²) in [6.07, 6.45) is -7.97. The van der Waals surface area contributed by atoms with Gasteiger partial charge in [-0.3, -0.25) is 20.2 Å². The Kier molecular flexibility index (Phi) is 11.1. The molecule has 2 aromatic carbocycles. The van der Waals surface area contributed by atoms with E-state index in [0.717, 1.165) is 48.6 Å². The van der Waals surface area contributed by atoms with Crippen LogP contribution in [0.1, 0.15) is 48.9 Å². The molecule has 2 N–H and O–H groups in total. The molecule has 2 aromatic rings. The van der Waals surface area contributed by atoms with E-state index in [1.807, 2.05) is 0 Å². The van der Waals surface area contributed by atoms with Crippen molar-refractivity contribution in [3.63, 3.8) is 0 Å². The van der Waals surface area contributed by atoms with Crippen LogP contribution in [0.15, 0.2) is 94.3 Å². The van der Waals surface area contributed by atoms with E-state index in [4.69, 9.17) is 27.9 Å². The highest BCUT2D eigenvalue weighted by Crippen LogP contribution is 2.48. The summed E-state index contributed by atoms with van der Waals surface area (Å²) in [4.78, 5) is 23.7. The van der Waals surface area contributed by atoms with Crippen molar-refractivity contribution in [2.45, 2.75) is 62.3 Å². The lowest BCUT2D eigenvalue weighted by Crippen LogP contribution is -2.48. The normalized spacial score (nSPS) is 24.3. The van der Waals surface area contributed by atoms with Gasteiger partial charge in [0, 0.05) is 35.1 Å². The third-order valence-corrected chi connectivity index (χ3v) is 8.83. The average molecular weight is 736 g/mol.